The molecule has 0 aromatic heterocycles. The van der Waals surface area contributed by atoms with Crippen molar-refractivity contribution in [3.8, 4) is 5.75 Å². The smallest absolute Gasteiger partial charge is 0.328 e. The third-order valence-electron chi connectivity index (χ3n) is 7.05. The fourth-order valence-electron chi connectivity index (χ4n) is 4.77. The highest BCUT2D eigenvalue weighted by Gasteiger charge is 2.23. The monoisotopic (exact) mass is 578 g/mol. The molecule has 222 valence electrons. The highest BCUT2D eigenvalue weighted by Crippen LogP contribution is 2.22. The van der Waals surface area contributed by atoms with Crippen molar-refractivity contribution < 1.29 is 23.9 Å². The van der Waals surface area contributed by atoms with Crippen LogP contribution < -0.4 is 10.1 Å². The summed E-state index contributed by atoms with van der Waals surface area (Å²) in [6.07, 6.45) is 1.64. The fourth-order valence-corrected chi connectivity index (χ4v) is 4.77. The van der Waals surface area contributed by atoms with E-state index in [-0.39, 0.29) is 11.7 Å². The predicted octanol–water partition coefficient (Wildman–Crippen LogP) is 6.32. The quantitative estimate of drug-likeness (QED) is 0.131. The summed E-state index contributed by atoms with van der Waals surface area (Å²) >= 11 is 0. The van der Waals surface area contributed by atoms with Crippen LogP contribution in [-0.2, 0) is 27.3 Å². The number of amides is 1. The van der Waals surface area contributed by atoms with Crippen LogP contribution in [-0.4, -0.2) is 48.9 Å². The Labute approximate surface area is 253 Å². The van der Waals surface area contributed by atoms with E-state index in [1.165, 1.54) is 7.11 Å². The van der Waals surface area contributed by atoms with E-state index in [2.05, 4.69) is 5.32 Å². The van der Waals surface area contributed by atoms with Crippen molar-refractivity contribution in [2.75, 3.05) is 25.6 Å². The Hall–Kier alpha value is -4.91. The zero-order valence-electron chi connectivity index (χ0n) is 24.7. The van der Waals surface area contributed by atoms with E-state index in [1.807, 2.05) is 90.7 Å². The summed E-state index contributed by atoms with van der Waals surface area (Å²) in [6, 6.07) is 32.9. The minimum atomic E-state index is -0.711. The highest BCUT2D eigenvalue weighted by atomic mass is 16.5. The summed E-state index contributed by atoms with van der Waals surface area (Å²) in [4.78, 5) is 40.5. The molecule has 43 heavy (non-hydrogen) atoms. The number of nitrogens with zero attached hydrogens (tertiary/aromatic N) is 1. The second kappa shape index (κ2) is 15.9. The maximum atomic E-state index is 13.2. The summed E-state index contributed by atoms with van der Waals surface area (Å²) in [6.45, 7) is 3.38. The van der Waals surface area contributed by atoms with Crippen LogP contribution >= 0.6 is 0 Å². The average Bonchev–Trinajstić information content (AvgIpc) is 3.05. The van der Waals surface area contributed by atoms with Gasteiger partial charge in [0.15, 0.2) is 5.78 Å². The Morgan fingerprint density at radius 2 is 1.44 bits per heavy atom. The normalized spacial score (nSPS) is 11.3. The van der Waals surface area contributed by atoms with Gasteiger partial charge in [0.2, 0.25) is 5.91 Å². The lowest BCUT2D eigenvalue weighted by Crippen LogP contribution is -2.34. The number of methoxy groups -OCH3 is 1. The van der Waals surface area contributed by atoms with Gasteiger partial charge in [-0.05, 0) is 41.8 Å². The molecule has 1 amide bonds. The van der Waals surface area contributed by atoms with Gasteiger partial charge in [-0.25, -0.2) is 4.79 Å². The number of ketones is 1. The molecule has 1 N–H and O–H groups in total. The van der Waals surface area contributed by atoms with Gasteiger partial charge in [-0.1, -0.05) is 91.9 Å². The first kappa shape index (κ1) is 31.0. The lowest BCUT2D eigenvalue weighted by atomic mass is 10.00. The van der Waals surface area contributed by atoms with Crippen molar-refractivity contribution in [1.82, 2.24) is 4.90 Å². The van der Waals surface area contributed by atoms with Crippen LogP contribution in [0.1, 0.15) is 46.8 Å². The molecule has 0 unspecified atom stereocenters. The number of hydrogen-bond acceptors (Lipinski definition) is 6. The molecule has 4 rings (SSSR count). The van der Waals surface area contributed by atoms with Crippen LogP contribution in [0.15, 0.2) is 109 Å². The molecule has 0 spiro atoms. The number of benzene rings is 4. The van der Waals surface area contributed by atoms with Crippen molar-refractivity contribution in [3.63, 3.8) is 0 Å². The topological polar surface area (TPSA) is 84.9 Å². The van der Waals surface area contributed by atoms with Crippen LogP contribution in [0.2, 0.25) is 0 Å². The zero-order valence-corrected chi connectivity index (χ0v) is 24.7. The number of ether oxygens (including phenoxy) is 2. The molecule has 0 aliphatic heterocycles. The summed E-state index contributed by atoms with van der Waals surface area (Å²) in [5.41, 5.74) is 3.58. The van der Waals surface area contributed by atoms with E-state index in [0.717, 1.165) is 17.5 Å². The predicted molar refractivity (Wildman–Crippen MR) is 168 cm³/mol. The number of esters is 1. The van der Waals surface area contributed by atoms with Crippen molar-refractivity contribution in [3.05, 3.63) is 131 Å². The largest absolute Gasteiger partial charge is 0.492 e. The second-order valence-corrected chi connectivity index (χ2v) is 10.2. The van der Waals surface area contributed by atoms with Gasteiger partial charge in [0.1, 0.15) is 18.4 Å². The molecule has 4 aromatic carbocycles. The summed E-state index contributed by atoms with van der Waals surface area (Å²) in [5.74, 6) is 0.219. The lowest BCUT2D eigenvalue weighted by molar-refractivity contribution is -0.141. The summed E-state index contributed by atoms with van der Waals surface area (Å²) < 4.78 is 11.0. The maximum absolute atomic E-state index is 13.2. The van der Waals surface area contributed by atoms with Crippen molar-refractivity contribution in [2.45, 2.75) is 38.8 Å². The molecule has 0 radical (unpaired) electrons. The van der Waals surface area contributed by atoms with Gasteiger partial charge in [-0.3, -0.25) is 9.59 Å². The Bertz CT molecular complexity index is 1470. The first-order chi connectivity index (χ1) is 21.0. The number of carbonyl (C=O) groups excluding carboxylic acids is 3. The molecular weight excluding hydrogens is 540 g/mol. The first-order valence-corrected chi connectivity index (χ1v) is 14.5. The molecule has 0 saturated carbocycles. The molecule has 0 heterocycles. The van der Waals surface area contributed by atoms with Crippen molar-refractivity contribution >= 4 is 23.3 Å². The fraction of sp³-hybridized carbons (Fsp3) is 0.250. The van der Waals surface area contributed by atoms with Crippen LogP contribution in [0, 0.1) is 0 Å². The van der Waals surface area contributed by atoms with E-state index in [1.54, 1.807) is 30.3 Å². The summed E-state index contributed by atoms with van der Waals surface area (Å²) in [7, 11) is 1.35. The molecule has 0 aliphatic rings. The molecule has 1 atom stereocenters. The second-order valence-electron chi connectivity index (χ2n) is 10.2. The van der Waals surface area contributed by atoms with Gasteiger partial charge in [0.25, 0.3) is 0 Å². The minimum Gasteiger partial charge on any atom is -0.492 e. The Morgan fingerprint density at radius 3 is 2.12 bits per heavy atom. The molecule has 0 aliphatic carbocycles. The van der Waals surface area contributed by atoms with Crippen LogP contribution in [0.25, 0.3) is 0 Å². The Kier molecular flexibility index (Phi) is 11.5. The molecular formula is C36H38N2O5. The highest BCUT2D eigenvalue weighted by molar-refractivity contribution is 6.12. The van der Waals surface area contributed by atoms with Gasteiger partial charge < -0.3 is 19.7 Å². The third kappa shape index (κ3) is 9.04. The number of carbonyl (C=O) groups is 3. The number of rotatable bonds is 15. The average molecular weight is 579 g/mol. The number of para-hydroxylation sites is 1. The number of hydrogen-bond donors (Lipinski definition) is 1. The van der Waals surface area contributed by atoms with Gasteiger partial charge in [0.05, 0.1) is 13.7 Å². The standard InChI is InChI=1S/C36H38N2O5/c1-3-12-34(39)38(26-28-13-6-4-7-14-28)23-24-43-30-21-19-27(20-22-30)25-33(36(41)42-2)37-32-18-11-10-17-31(32)35(40)29-15-8-5-9-16-29/h4-11,13-22,33,37H,3,12,23-26H2,1-2H3/t33-/m0/s1. The Balaban J connectivity index is 1.38. The van der Waals surface area contributed by atoms with E-state index < -0.39 is 12.0 Å². The Morgan fingerprint density at radius 1 is 0.791 bits per heavy atom. The van der Waals surface area contributed by atoms with E-state index in [4.69, 9.17) is 9.47 Å². The molecule has 0 bridgehead atoms. The molecule has 4 aromatic rings. The SMILES string of the molecule is CCCC(=O)N(CCOc1ccc(C[C@H](Nc2ccccc2C(=O)c2ccccc2)C(=O)OC)cc1)Cc1ccccc1. The number of nitrogens with one attached hydrogen (secondary N) is 1. The maximum Gasteiger partial charge on any atom is 0.328 e. The van der Waals surface area contributed by atoms with E-state index in [0.29, 0.717) is 55.1 Å². The van der Waals surface area contributed by atoms with Crippen LogP contribution in [0.4, 0.5) is 5.69 Å². The number of anilines is 1. The van der Waals surface area contributed by atoms with Gasteiger partial charge in [-0.15, -0.1) is 0 Å². The van der Waals surface area contributed by atoms with Gasteiger partial charge >= 0.3 is 5.97 Å². The van der Waals surface area contributed by atoms with Gasteiger partial charge in [0, 0.05) is 36.2 Å². The third-order valence-corrected chi connectivity index (χ3v) is 7.05. The molecule has 0 fully saturated rings. The van der Waals surface area contributed by atoms with Crippen LogP contribution in [0.5, 0.6) is 5.75 Å². The van der Waals surface area contributed by atoms with Crippen LogP contribution in [0.3, 0.4) is 0 Å². The molecule has 7 nitrogen and oxygen atoms in total. The van der Waals surface area contributed by atoms with Gasteiger partial charge in [-0.2, -0.15) is 0 Å². The zero-order chi connectivity index (χ0) is 30.4. The summed E-state index contributed by atoms with van der Waals surface area (Å²) in [5, 5.41) is 3.24. The van der Waals surface area contributed by atoms with E-state index >= 15 is 0 Å². The minimum absolute atomic E-state index is 0.110. The molecule has 0 saturated heterocycles. The van der Waals surface area contributed by atoms with Crippen molar-refractivity contribution in [2.24, 2.45) is 0 Å². The van der Waals surface area contributed by atoms with E-state index in [9.17, 15) is 14.4 Å². The molecule has 7 heteroatoms. The lowest BCUT2D eigenvalue weighted by Gasteiger charge is -2.23. The first-order valence-electron chi connectivity index (χ1n) is 14.5. The van der Waals surface area contributed by atoms with Crippen molar-refractivity contribution in [1.29, 1.82) is 0 Å².